The highest BCUT2D eigenvalue weighted by molar-refractivity contribution is 5.26. The van der Waals surface area contributed by atoms with Gasteiger partial charge in [0.1, 0.15) is 5.75 Å². The van der Waals surface area contributed by atoms with Crippen molar-refractivity contribution in [1.82, 2.24) is 15.2 Å². The summed E-state index contributed by atoms with van der Waals surface area (Å²) in [6.45, 7) is 9.45. The molecule has 2 heterocycles. The lowest BCUT2D eigenvalue weighted by Gasteiger charge is -2.35. The Balaban J connectivity index is 2.04. The monoisotopic (exact) mass is 279 g/mol. The van der Waals surface area contributed by atoms with Gasteiger partial charge >= 0.3 is 0 Å². The molecule has 1 unspecified atom stereocenters. The topological polar surface area (TPSA) is 46.6 Å². The average Bonchev–Trinajstić information content (AvgIpc) is 2.45. The first-order chi connectivity index (χ1) is 9.72. The van der Waals surface area contributed by atoms with Crippen LogP contribution in [0, 0.1) is 6.92 Å². The molecule has 0 amide bonds. The maximum Gasteiger partial charge on any atom is 0.122 e. The maximum atomic E-state index is 5.59. The Kier molecular flexibility index (Phi) is 5.76. The van der Waals surface area contributed by atoms with Crippen LogP contribution in [0.25, 0.3) is 0 Å². The van der Waals surface area contributed by atoms with Crippen molar-refractivity contribution < 1.29 is 9.47 Å². The lowest BCUT2D eigenvalue weighted by molar-refractivity contribution is -0.0113. The summed E-state index contributed by atoms with van der Waals surface area (Å²) >= 11 is 0. The van der Waals surface area contributed by atoms with E-state index in [-0.39, 0.29) is 0 Å². The number of rotatable bonds is 6. The fourth-order valence-corrected chi connectivity index (χ4v) is 2.51. The second kappa shape index (κ2) is 7.57. The second-order valence-electron chi connectivity index (χ2n) is 5.15. The van der Waals surface area contributed by atoms with Gasteiger partial charge in [0.15, 0.2) is 0 Å². The van der Waals surface area contributed by atoms with E-state index in [2.05, 4.69) is 22.1 Å². The number of likely N-dealkylation sites (N-methyl/N-ethyl adjacent to an activating group) is 1. The molecule has 112 valence electrons. The molecule has 0 aliphatic carbocycles. The third-order valence-corrected chi connectivity index (χ3v) is 3.56. The molecule has 20 heavy (non-hydrogen) atoms. The Morgan fingerprint density at radius 1 is 1.50 bits per heavy atom. The van der Waals surface area contributed by atoms with Gasteiger partial charge in [0, 0.05) is 43.5 Å². The minimum atomic E-state index is 0.414. The molecular formula is C15H25N3O2. The maximum absolute atomic E-state index is 5.59. The van der Waals surface area contributed by atoms with Crippen LogP contribution in [0.15, 0.2) is 12.1 Å². The number of methoxy groups -OCH3 is 1. The fourth-order valence-electron chi connectivity index (χ4n) is 2.51. The van der Waals surface area contributed by atoms with Crippen LogP contribution in [0.3, 0.4) is 0 Å². The Labute approximate surface area is 121 Å². The van der Waals surface area contributed by atoms with Crippen molar-refractivity contribution in [3.63, 3.8) is 0 Å². The van der Waals surface area contributed by atoms with Gasteiger partial charge in [0.05, 0.1) is 26.0 Å². The van der Waals surface area contributed by atoms with E-state index in [1.54, 1.807) is 7.11 Å². The zero-order valence-electron chi connectivity index (χ0n) is 12.7. The number of pyridine rings is 1. The number of hydrogen-bond donors (Lipinski definition) is 1. The molecule has 1 atom stereocenters. The Morgan fingerprint density at radius 3 is 3.10 bits per heavy atom. The number of aryl methyl sites for hydroxylation is 1. The van der Waals surface area contributed by atoms with Crippen molar-refractivity contribution in [2.24, 2.45) is 0 Å². The number of ether oxygens (including phenoxy) is 2. The van der Waals surface area contributed by atoms with Gasteiger partial charge in [0.2, 0.25) is 0 Å². The molecule has 0 spiro atoms. The van der Waals surface area contributed by atoms with Crippen LogP contribution in [-0.4, -0.2) is 55.9 Å². The summed E-state index contributed by atoms with van der Waals surface area (Å²) in [4.78, 5) is 7.05. The molecule has 5 nitrogen and oxygen atoms in total. The van der Waals surface area contributed by atoms with E-state index in [0.717, 1.165) is 56.5 Å². The Bertz CT molecular complexity index is 426. The second-order valence-corrected chi connectivity index (χ2v) is 5.15. The van der Waals surface area contributed by atoms with Crippen LogP contribution >= 0.6 is 0 Å². The molecular weight excluding hydrogens is 254 g/mol. The molecule has 0 radical (unpaired) electrons. The quantitative estimate of drug-likeness (QED) is 0.848. The summed E-state index contributed by atoms with van der Waals surface area (Å²) in [7, 11) is 1.70. The summed E-state index contributed by atoms with van der Waals surface area (Å²) < 4.78 is 10.9. The smallest absolute Gasteiger partial charge is 0.122 e. The van der Waals surface area contributed by atoms with Crippen LogP contribution in [-0.2, 0) is 11.3 Å². The molecule has 2 rings (SSSR count). The van der Waals surface area contributed by atoms with E-state index >= 15 is 0 Å². The predicted octanol–water partition coefficient (Wildman–Crippen LogP) is 1.21. The highest BCUT2D eigenvalue weighted by atomic mass is 16.5. The van der Waals surface area contributed by atoms with Crippen molar-refractivity contribution in [2.45, 2.75) is 26.4 Å². The van der Waals surface area contributed by atoms with E-state index < -0.39 is 0 Å². The van der Waals surface area contributed by atoms with Gasteiger partial charge in [-0.15, -0.1) is 0 Å². The molecule has 0 bridgehead atoms. The fraction of sp³-hybridized carbons (Fsp3) is 0.667. The van der Waals surface area contributed by atoms with Gasteiger partial charge in [-0.05, 0) is 13.5 Å². The molecule has 1 aromatic heterocycles. The highest BCUT2D eigenvalue weighted by Crippen LogP contribution is 2.17. The molecule has 1 saturated heterocycles. The van der Waals surface area contributed by atoms with Crippen LogP contribution in [0.2, 0.25) is 0 Å². The predicted molar refractivity (Wildman–Crippen MR) is 79.1 cm³/mol. The number of aromatic nitrogens is 1. The summed E-state index contributed by atoms with van der Waals surface area (Å²) in [5.74, 6) is 0.879. The van der Waals surface area contributed by atoms with Crippen molar-refractivity contribution in [3.05, 3.63) is 23.5 Å². The molecule has 5 heteroatoms. The minimum absolute atomic E-state index is 0.414. The number of morpholine rings is 1. The molecule has 1 fully saturated rings. The third kappa shape index (κ3) is 4.16. The van der Waals surface area contributed by atoms with E-state index in [1.807, 2.05) is 19.1 Å². The zero-order chi connectivity index (χ0) is 14.4. The van der Waals surface area contributed by atoms with Gasteiger partial charge in [-0.3, -0.25) is 9.88 Å². The molecule has 1 aromatic rings. The van der Waals surface area contributed by atoms with Crippen molar-refractivity contribution in [2.75, 3.05) is 40.0 Å². The van der Waals surface area contributed by atoms with Gasteiger partial charge in [0.25, 0.3) is 0 Å². The first-order valence-corrected chi connectivity index (χ1v) is 7.27. The van der Waals surface area contributed by atoms with Gasteiger partial charge < -0.3 is 14.8 Å². The Morgan fingerprint density at radius 2 is 2.35 bits per heavy atom. The minimum Gasteiger partial charge on any atom is -0.497 e. The highest BCUT2D eigenvalue weighted by Gasteiger charge is 2.23. The molecule has 1 N–H and O–H groups in total. The van der Waals surface area contributed by atoms with E-state index in [4.69, 9.17) is 9.47 Å². The molecule has 0 saturated carbocycles. The number of nitrogens with zero attached hydrogens (tertiary/aromatic N) is 2. The van der Waals surface area contributed by atoms with Crippen LogP contribution in [0.1, 0.15) is 18.3 Å². The lowest BCUT2D eigenvalue weighted by Crippen LogP contribution is -2.49. The molecule has 0 aromatic carbocycles. The lowest BCUT2D eigenvalue weighted by atomic mass is 10.2. The standard InChI is InChI=1S/C15H25N3O2/c1-4-16-9-14-11-20-6-5-18(14)10-13-8-15(19-3)7-12(2)17-13/h7-8,14,16H,4-6,9-11H2,1-3H3. The average molecular weight is 279 g/mol. The molecule has 1 aliphatic rings. The SMILES string of the molecule is CCNCC1COCCN1Cc1cc(OC)cc(C)n1. The van der Waals surface area contributed by atoms with Crippen LogP contribution in [0.4, 0.5) is 0 Å². The largest absolute Gasteiger partial charge is 0.497 e. The Hall–Kier alpha value is -1.17. The summed E-state index contributed by atoms with van der Waals surface area (Å²) in [5, 5.41) is 3.40. The molecule has 1 aliphatic heterocycles. The van der Waals surface area contributed by atoms with Crippen molar-refractivity contribution in [3.8, 4) is 5.75 Å². The number of hydrogen-bond acceptors (Lipinski definition) is 5. The van der Waals surface area contributed by atoms with Gasteiger partial charge in [-0.1, -0.05) is 6.92 Å². The summed E-state index contributed by atoms with van der Waals surface area (Å²) in [6, 6.07) is 4.39. The first-order valence-electron chi connectivity index (χ1n) is 7.27. The summed E-state index contributed by atoms with van der Waals surface area (Å²) in [6.07, 6.45) is 0. The van der Waals surface area contributed by atoms with Crippen LogP contribution < -0.4 is 10.1 Å². The van der Waals surface area contributed by atoms with Gasteiger partial charge in [-0.25, -0.2) is 0 Å². The zero-order valence-corrected chi connectivity index (χ0v) is 12.7. The van der Waals surface area contributed by atoms with Gasteiger partial charge in [-0.2, -0.15) is 0 Å². The van der Waals surface area contributed by atoms with E-state index in [0.29, 0.717) is 6.04 Å². The van der Waals surface area contributed by atoms with E-state index in [1.165, 1.54) is 0 Å². The van der Waals surface area contributed by atoms with Crippen LogP contribution in [0.5, 0.6) is 5.75 Å². The number of nitrogens with one attached hydrogen (secondary N) is 1. The third-order valence-electron chi connectivity index (χ3n) is 3.56. The summed E-state index contributed by atoms with van der Waals surface area (Å²) in [5.41, 5.74) is 2.06. The normalized spacial score (nSPS) is 20.1. The van der Waals surface area contributed by atoms with E-state index in [9.17, 15) is 0 Å². The van der Waals surface area contributed by atoms with Crippen molar-refractivity contribution >= 4 is 0 Å². The first kappa shape index (κ1) is 15.2. The van der Waals surface area contributed by atoms with Crippen molar-refractivity contribution in [1.29, 1.82) is 0 Å².